The Bertz CT molecular complexity index is 543. The van der Waals surface area contributed by atoms with E-state index in [9.17, 15) is 13.2 Å². The zero-order valence-electron chi connectivity index (χ0n) is 10.2. The van der Waals surface area contributed by atoms with Gasteiger partial charge in [0.2, 0.25) is 15.8 Å². The first-order valence-electron chi connectivity index (χ1n) is 5.87. The standard InChI is InChI=1S/C11H15NO6S/c13-11(14)10-4-3-8(18-10)6-12-19(15,16)7-9-2-1-5-17-9/h3-4,9,12H,1-2,5-7H2,(H,13,14). The van der Waals surface area contributed by atoms with Gasteiger partial charge < -0.3 is 14.3 Å². The molecule has 1 fully saturated rings. The SMILES string of the molecule is O=C(O)c1ccc(CNS(=O)(=O)CC2CCCO2)o1. The largest absolute Gasteiger partial charge is 0.475 e. The summed E-state index contributed by atoms with van der Waals surface area (Å²) in [4.78, 5) is 10.6. The molecule has 7 nitrogen and oxygen atoms in total. The Kier molecular flexibility index (Phi) is 4.23. The van der Waals surface area contributed by atoms with Crippen LogP contribution in [0, 0.1) is 0 Å². The summed E-state index contributed by atoms with van der Waals surface area (Å²) in [5, 5.41) is 8.67. The molecule has 2 rings (SSSR count). The number of ether oxygens (including phenoxy) is 1. The first-order chi connectivity index (χ1) is 8.96. The Hall–Kier alpha value is -1.38. The summed E-state index contributed by atoms with van der Waals surface area (Å²) >= 11 is 0. The molecule has 106 valence electrons. The molecule has 1 aliphatic rings. The maximum Gasteiger partial charge on any atom is 0.371 e. The van der Waals surface area contributed by atoms with Gasteiger partial charge in [0.1, 0.15) is 5.76 Å². The molecule has 2 heterocycles. The molecule has 0 spiro atoms. The van der Waals surface area contributed by atoms with Crippen molar-refractivity contribution < 1.29 is 27.5 Å². The van der Waals surface area contributed by atoms with Crippen LogP contribution in [0.5, 0.6) is 0 Å². The minimum absolute atomic E-state index is 0.0671. The topological polar surface area (TPSA) is 106 Å². The Morgan fingerprint density at radius 1 is 1.47 bits per heavy atom. The summed E-state index contributed by atoms with van der Waals surface area (Å²) in [6.07, 6.45) is 1.36. The lowest BCUT2D eigenvalue weighted by atomic mass is 10.3. The van der Waals surface area contributed by atoms with Crippen molar-refractivity contribution in [3.8, 4) is 0 Å². The fourth-order valence-electron chi connectivity index (χ4n) is 1.85. The van der Waals surface area contributed by atoms with E-state index < -0.39 is 16.0 Å². The van der Waals surface area contributed by atoms with Gasteiger partial charge in [-0.3, -0.25) is 0 Å². The molecule has 1 aliphatic heterocycles. The predicted molar refractivity (Wildman–Crippen MR) is 65.3 cm³/mol. The van der Waals surface area contributed by atoms with Crippen LogP contribution in [-0.4, -0.2) is 38.0 Å². The van der Waals surface area contributed by atoms with E-state index in [4.69, 9.17) is 14.3 Å². The molecule has 0 bridgehead atoms. The van der Waals surface area contributed by atoms with Crippen LogP contribution < -0.4 is 4.72 Å². The third-order valence-electron chi connectivity index (χ3n) is 2.77. The van der Waals surface area contributed by atoms with Crippen LogP contribution in [0.15, 0.2) is 16.5 Å². The highest BCUT2D eigenvalue weighted by molar-refractivity contribution is 7.89. The highest BCUT2D eigenvalue weighted by Gasteiger charge is 2.23. The van der Waals surface area contributed by atoms with Crippen molar-refractivity contribution in [2.75, 3.05) is 12.4 Å². The summed E-state index contributed by atoms with van der Waals surface area (Å²) in [6.45, 7) is 0.530. The van der Waals surface area contributed by atoms with Crippen LogP contribution in [0.1, 0.15) is 29.2 Å². The quantitative estimate of drug-likeness (QED) is 0.793. The van der Waals surface area contributed by atoms with Crippen LogP contribution in [0.25, 0.3) is 0 Å². The molecule has 1 aromatic heterocycles. The van der Waals surface area contributed by atoms with Crippen LogP contribution in [0.3, 0.4) is 0 Å². The lowest BCUT2D eigenvalue weighted by Crippen LogP contribution is -2.31. The number of aromatic carboxylic acids is 1. The van der Waals surface area contributed by atoms with Crippen molar-refractivity contribution in [2.45, 2.75) is 25.5 Å². The fourth-order valence-corrected chi connectivity index (χ4v) is 3.08. The number of nitrogens with one attached hydrogen (secondary N) is 1. The second-order valence-corrected chi connectivity index (χ2v) is 6.16. The molecule has 0 radical (unpaired) electrons. The van der Waals surface area contributed by atoms with E-state index in [1.165, 1.54) is 12.1 Å². The number of furan rings is 1. The normalized spacial score (nSPS) is 19.7. The number of carboxylic acid groups (broad SMARTS) is 1. The van der Waals surface area contributed by atoms with Gasteiger partial charge in [0.05, 0.1) is 18.4 Å². The summed E-state index contributed by atoms with van der Waals surface area (Å²) in [6, 6.07) is 2.71. The Balaban J connectivity index is 1.87. The molecule has 0 aromatic carbocycles. The fraction of sp³-hybridized carbons (Fsp3) is 0.545. The van der Waals surface area contributed by atoms with Crippen LogP contribution in [0.4, 0.5) is 0 Å². The first-order valence-corrected chi connectivity index (χ1v) is 7.52. The summed E-state index contributed by atoms with van der Waals surface area (Å²) in [5.74, 6) is -1.23. The van der Waals surface area contributed by atoms with Crippen molar-refractivity contribution in [2.24, 2.45) is 0 Å². The third kappa shape index (κ3) is 4.05. The molecule has 0 saturated carbocycles. The molecule has 0 amide bonds. The molecular weight excluding hydrogens is 274 g/mol. The van der Waals surface area contributed by atoms with E-state index in [0.717, 1.165) is 12.8 Å². The van der Waals surface area contributed by atoms with E-state index in [2.05, 4.69) is 4.72 Å². The van der Waals surface area contributed by atoms with E-state index in [1.807, 2.05) is 0 Å². The highest BCUT2D eigenvalue weighted by atomic mass is 32.2. The Morgan fingerprint density at radius 3 is 2.84 bits per heavy atom. The van der Waals surface area contributed by atoms with Crippen LogP contribution in [-0.2, 0) is 21.3 Å². The lowest BCUT2D eigenvalue weighted by molar-refractivity contribution is 0.0660. The molecule has 1 atom stereocenters. The van der Waals surface area contributed by atoms with Crippen LogP contribution in [0.2, 0.25) is 0 Å². The molecule has 1 aromatic rings. The predicted octanol–water partition coefficient (Wildman–Crippen LogP) is 0.576. The van der Waals surface area contributed by atoms with Crippen molar-refractivity contribution in [3.63, 3.8) is 0 Å². The van der Waals surface area contributed by atoms with Gasteiger partial charge in [-0.2, -0.15) is 0 Å². The Labute approximate surface area is 110 Å². The second-order valence-electron chi connectivity index (χ2n) is 4.31. The second kappa shape index (κ2) is 5.72. The van der Waals surface area contributed by atoms with Gasteiger partial charge in [0.25, 0.3) is 0 Å². The smallest absolute Gasteiger partial charge is 0.371 e. The molecular formula is C11H15NO6S. The first kappa shape index (κ1) is 14.0. The van der Waals surface area contributed by atoms with Gasteiger partial charge in [0.15, 0.2) is 0 Å². The molecule has 8 heteroatoms. The monoisotopic (exact) mass is 289 g/mol. The number of carboxylic acids is 1. The number of rotatable bonds is 6. The van der Waals surface area contributed by atoms with Gasteiger partial charge in [0, 0.05) is 6.61 Å². The highest BCUT2D eigenvalue weighted by Crippen LogP contribution is 2.14. The van der Waals surface area contributed by atoms with Gasteiger partial charge in [-0.05, 0) is 25.0 Å². The maximum absolute atomic E-state index is 11.8. The number of hydrogen-bond acceptors (Lipinski definition) is 5. The van der Waals surface area contributed by atoms with E-state index in [1.54, 1.807) is 0 Å². The maximum atomic E-state index is 11.8. The third-order valence-corrected chi connectivity index (χ3v) is 4.16. The number of carbonyl (C=O) groups is 1. The lowest BCUT2D eigenvalue weighted by Gasteiger charge is -2.10. The zero-order chi connectivity index (χ0) is 13.9. The van der Waals surface area contributed by atoms with E-state index >= 15 is 0 Å². The molecule has 0 aliphatic carbocycles. The van der Waals surface area contributed by atoms with E-state index in [0.29, 0.717) is 6.61 Å². The van der Waals surface area contributed by atoms with Gasteiger partial charge in [-0.25, -0.2) is 17.9 Å². The average Bonchev–Trinajstić information content (AvgIpc) is 2.96. The van der Waals surface area contributed by atoms with Crippen molar-refractivity contribution in [3.05, 3.63) is 23.7 Å². The summed E-state index contributed by atoms with van der Waals surface area (Å²) < 4.78 is 36.1. The average molecular weight is 289 g/mol. The zero-order valence-corrected chi connectivity index (χ0v) is 11.0. The summed E-state index contributed by atoms with van der Waals surface area (Å²) in [5.41, 5.74) is 0. The Morgan fingerprint density at radius 2 is 2.26 bits per heavy atom. The van der Waals surface area contributed by atoms with Crippen molar-refractivity contribution in [1.29, 1.82) is 0 Å². The minimum atomic E-state index is -3.46. The molecule has 19 heavy (non-hydrogen) atoms. The van der Waals surface area contributed by atoms with Crippen molar-refractivity contribution >= 4 is 16.0 Å². The van der Waals surface area contributed by atoms with Crippen LogP contribution >= 0.6 is 0 Å². The van der Waals surface area contributed by atoms with Crippen molar-refractivity contribution in [1.82, 2.24) is 4.72 Å². The molecule has 1 unspecified atom stereocenters. The molecule has 2 N–H and O–H groups in total. The number of hydrogen-bond donors (Lipinski definition) is 2. The molecule has 1 saturated heterocycles. The van der Waals surface area contributed by atoms with Gasteiger partial charge in [-0.1, -0.05) is 0 Å². The number of sulfonamides is 1. The van der Waals surface area contributed by atoms with E-state index in [-0.39, 0.29) is 29.9 Å². The van der Waals surface area contributed by atoms with Gasteiger partial charge >= 0.3 is 5.97 Å². The van der Waals surface area contributed by atoms with Gasteiger partial charge in [-0.15, -0.1) is 0 Å². The summed E-state index contributed by atoms with van der Waals surface area (Å²) in [7, 11) is -3.46. The minimum Gasteiger partial charge on any atom is -0.475 e.